The average Bonchev–Trinajstić information content (AvgIpc) is 3.17. The summed E-state index contributed by atoms with van der Waals surface area (Å²) in [5.41, 5.74) is 3.55. The first-order chi connectivity index (χ1) is 13.5. The Kier molecular flexibility index (Phi) is 4.99. The Morgan fingerprint density at radius 1 is 1.04 bits per heavy atom. The van der Waals surface area contributed by atoms with E-state index in [9.17, 15) is 4.79 Å². The van der Waals surface area contributed by atoms with Gasteiger partial charge in [0.15, 0.2) is 0 Å². The van der Waals surface area contributed by atoms with Gasteiger partial charge in [0.2, 0.25) is 11.9 Å². The van der Waals surface area contributed by atoms with Gasteiger partial charge < -0.3 is 0 Å². The molecule has 0 spiro atoms. The van der Waals surface area contributed by atoms with E-state index >= 15 is 0 Å². The van der Waals surface area contributed by atoms with E-state index in [1.165, 1.54) is 11.1 Å². The van der Waals surface area contributed by atoms with Gasteiger partial charge in [0.05, 0.1) is 12.1 Å². The number of amides is 1. The number of aryl methyl sites for hydroxylation is 1. The summed E-state index contributed by atoms with van der Waals surface area (Å²) < 4.78 is 1.91. The topological polar surface area (TPSA) is 51.0 Å². The van der Waals surface area contributed by atoms with Crippen molar-refractivity contribution >= 4 is 11.9 Å². The van der Waals surface area contributed by atoms with E-state index in [1.807, 2.05) is 27.8 Å². The predicted octanol–water partition coefficient (Wildman–Crippen LogP) is 4.70. The minimum absolute atomic E-state index is 0.0476. The highest BCUT2D eigenvalue weighted by atomic mass is 16.2. The van der Waals surface area contributed by atoms with Gasteiger partial charge in [-0.25, -0.2) is 4.68 Å². The molecule has 0 saturated heterocycles. The Bertz CT molecular complexity index is 946. The number of carbonyl (C=O) groups is 1. The Morgan fingerprint density at radius 2 is 1.71 bits per heavy atom. The van der Waals surface area contributed by atoms with E-state index in [2.05, 4.69) is 67.3 Å². The molecule has 4 rings (SSSR count). The third kappa shape index (κ3) is 3.44. The lowest BCUT2D eigenvalue weighted by molar-refractivity contribution is -0.120. The molecular formula is C23H26N4O. The number of rotatable bonds is 4. The van der Waals surface area contributed by atoms with Crippen LogP contribution >= 0.6 is 0 Å². The van der Waals surface area contributed by atoms with Gasteiger partial charge in [0.1, 0.15) is 6.33 Å². The molecule has 2 atom stereocenters. The summed E-state index contributed by atoms with van der Waals surface area (Å²) >= 11 is 0. The van der Waals surface area contributed by atoms with E-state index < -0.39 is 0 Å². The molecule has 0 unspecified atom stereocenters. The molecule has 2 aromatic carbocycles. The van der Waals surface area contributed by atoms with Crippen molar-refractivity contribution in [3.63, 3.8) is 0 Å². The summed E-state index contributed by atoms with van der Waals surface area (Å²) in [6, 6.07) is 18.8. The van der Waals surface area contributed by atoms with Crippen molar-refractivity contribution in [2.24, 2.45) is 5.92 Å². The van der Waals surface area contributed by atoms with Gasteiger partial charge >= 0.3 is 0 Å². The molecular weight excluding hydrogens is 348 g/mol. The van der Waals surface area contributed by atoms with Gasteiger partial charge in [0.25, 0.3) is 0 Å². The minimum atomic E-state index is -0.0598. The molecule has 2 heterocycles. The summed E-state index contributed by atoms with van der Waals surface area (Å²) in [6.45, 7) is 6.23. The maximum absolute atomic E-state index is 13.2. The zero-order chi connectivity index (χ0) is 19.7. The largest absolute Gasteiger partial charge is 0.274 e. The number of nitrogens with zero attached hydrogens (tertiary/aromatic N) is 4. The standard InChI is InChI=1S/C23H26N4O/c1-16(2)13-22(28)26-20(18-7-5-4-6-8-18)14-21(27-23(26)24-15-25-27)19-11-9-17(3)10-12-19/h4-12,15-16,20-21H,13-14H2,1-3H3/t20-,21+/m1/s1. The number of aromatic nitrogens is 3. The third-order valence-corrected chi connectivity index (χ3v) is 5.32. The minimum Gasteiger partial charge on any atom is -0.274 e. The van der Waals surface area contributed by atoms with Crippen LogP contribution in [0.25, 0.3) is 0 Å². The molecule has 1 aliphatic heterocycles. The fraction of sp³-hybridized carbons (Fsp3) is 0.348. The molecule has 0 aliphatic carbocycles. The van der Waals surface area contributed by atoms with E-state index in [-0.39, 0.29) is 23.9 Å². The summed E-state index contributed by atoms with van der Waals surface area (Å²) in [4.78, 5) is 19.5. The molecule has 28 heavy (non-hydrogen) atoms. The molecule has 0 N–H and O–H groups in total. The van der Waals surface area contributed by atoms with Crippen molar-refractivity contribution in [3.05, 3.63) is 77.6 Å². The molecule has 0 bridgehead atoms. The molecule has 1 aliphatic rings. The second-order valence-electron chi connectivity index (χ2n) is 7.95. The number of anilines is 1. The van der Waals surface area contributed by atoms with E-state index in [4.69, 9.17) is 0 Å². The van der Waals surface area contributed by atoms with Crippen molar-refractivity contribution in [2.75, 3.05) is 4.90 Å². The Hall–Kier alpha value is -2.95. The second kappa shape index (κ2) is 7.58. The first-order valence-corrected chi connectivity index (χ1v) is 9.87. The van der Waals surface area contributed by atoms with Gasteiger partial charge in [-0.1, -0.05) is 74.0 Å². The molecule has 0 saturated carbocycles. The van der Waals surface area contributed by atoms with Crippen LogP contribution in [0.1, 0.15) is 55.5 Å². The van der Waals surface area contributed by atoms with E-state index in [0.29, 0.717) is 12.4 Å². The number of carbonyl (C=O) groups excluding carboxylic acids is 1. The second-order valence-corrected chi connectivity index (χ2v) is 7.95. The highest BCUT2D eigenvalue weighted by Gasteiger charge is 2.39. The SMILES string of the molecule is Cc1ccc([C@@H]2C[C@H](c3ccccc3)N(C(=O)CC(C)C)c3ncnn32)cc1. The van der Waals surface area contributed by atoms with Crippen molar-refractivity contribution < 1.29 is 4.79 Å². The van der Waals surface area contributed by atoms with Gasteiger partial charge in [-0.05, 0) is 30.4 Å². The van der Waals surface area contributed by atoms with Gasteiger partial charge in [-0.2, -0.15) is 10.1 Å². The first-order valence-electron chi connectivity index (χ1n) is 9.87. The van der Waals surface area contributed by atoms with Crippen molar-refractivity contribution in [1.29, 1.82) is 0 Å². The molecule has 144 valence electrons. The van der Waals surface area contributed by atoms with Crippen LogP contribution in [0.4, 0.5) is 5.95 Å². The van der Waals surface area contributed by atoms with Gasteiger partial charge in [0, 0.05) is 6.42 Å². The van der Waals surface area contributed by atoms with Crippen LogP contribution in [0, 0.1) is 12.8 Å². The molecule has 5 heteroatoms. The van der Waals surface area contributed by atoms with Crippen LogP contribution < -0.4 is 4.90 Å². The smallest absolute Gasteiger partial charge is 0.231 e. The van der Waals surface area contributed by atoms with Crippen molar-refractivity contribution in [3.8, 4) is 0 Å². The van der Waals surface area contributed by atoms with Crippen LogP contribution in [0.15, 0.2) is 60.9 Å². The molecule has 3 aromatic rings. The van der Waals surface area contributed by atoms with Crippen LogP contribution in [-0.2, 0) is 4.79 Å². The molecule has 1 aromatic heterocycles. The summed E-state index contributed by atoms with van der Waals surface area (Å²) in [7, 11) is 0. The Morgan fingerprint density at radius 3 is 2.39 bits per heavy atom. The van der Waals surface area contributed by atoms with E-state index in [1.54, 1.807) is 6.33 Å². The maximum Gasteiger partial charge on any atom is 0.231 e. The zero-order valence-electron chi connectivity index (χ0n) is 16.6. The van der Waals surface area contributed by atoms with Crippen LogP contribution in [0.5, 0.6) is 0 Å². The molecule has 1 amide bonds. The summed E-state index contributed by atoms with van der Waals surface area (Å²) in [5, 5.41) is 4.49. The fourth-order valence-corrected chi connectivity index (χ4v) is 3.95. The normalized spacial score (nSPS) is 18.9. The number of hydrogen-bond acceptors (Lipinski definition) is 3. The number of fused-ring (bicyclic) bond motifs is 1. The van der Waals surface area contributed by atoms with Crippen LogP contribution in [0.3, 0.4) is 0 Å². The molecule has 5 nitrogen and oxygen atoms in total. The maximum atomic E-state index is 13.2. The lowest BCUT2D eigenvalue weighted by Crippen LogP contribution is -2.43. The van der Waals surface area contributed by atoms with Gasteiger partial charge in [-0.15, -0.1) is 0 Å². The number of hydrogen-bond donors (Lipinski definition) is 0. The summed E-state index contributed by atoms with van der Waals surface area (Å²) in [5.74, 6) is 1.02. The zero-order valence-corrected chi connectivity index (χ0v) is 16.6. The Labute approximate surface area is 166 Å². The van der Waals surface area contributed by atoms with Gasteiger partial charge in [-0.3, -0.25) is 9.69 Å². The van der Waals surface area contributed by atoms with Crippen molar-refractivity contribution in [1.82, 2.24) is 14.8 Å². The molecule has 0 radical (unpaired) electrons. The Balaban J connectivity index is 1.81. The quantitative estimate of drug-likeness (QED) is 0.665. The monoisotopic (exact) mass is 374 g/mol. The first kappa shape index (κ1) is 18.4. The third-order valence-electron chi connectivity index (χ3n) is 5.32. The molecule has 0 fully saturated rings. The highest BCUT2D eigenvalue weighted by Crippen LogP contribution is 2.42. The van der Waals surface area contributed by atoms with Crippen LogP contribution in [-0.4, -0.2) is 20.7 Å². The fourth-order valence-electron chi connectivity index (χ4n) is 3.95. The lowest BCUT2D eigenvalue weighted by atomic mass is 9.91. The number of benzene rings is 2. The van der Waals surface area contributed by atoms with Crippen LogP contribution in [0.2, 0.25) is 0 Å². The van der Waals surface area contributed by atoms with Crippen molar-refractivity contribution in [2.45, 2.75) is 45.7 Å². The predicted molar refractivity (Wildman–Crippen MR) is 110 cm³/mol. The highest BCUT2D eigenvalue weighted by molar-refractivity contribution is 5.93. The summed E-state index contributed by atoms with van der Waals surface area (Å²) in [6.07, 6.45) is 2.82. The average molecular weight is 374 g/mol. The van der Waals surface area contributed by atoms with E-state index in [0.717, 1.165) is 12.0 Å². The lowest BCUT2D eigenvalue weighted by Gasteiger charge is -2.39.